The van der Waals surface area contributed by atoms with E-state index >= 15 is 0 Å². The predicted octanol–water partition coefficient (Wildman–Crippen LogP) is 4.21. The molecule has 0 spiro atoms. The van der Waals surface area contributed by atoms with Crippen LogP contribution in [0.3, 0.4) is 0 Å². The van der Waals surface area contributed by atoms with E-state index < -0.39 is 5.97 Å². The van der Waals surface area contributed by atoms with Crippen molar-refractivity contribution in [2.45, 2.75) is 6.42 Å². The zero-order valence-corrected chi connectivity index (χ0v) is 17.6. The van der Waals surface area contributed by atoms with E-state index in [-0.39, 0.29) is 12.5 Å². The van der Waals surface area contributed by atoms with Crippen LogP contribution in [0.25, 0.3) is 11.1 Å². The molecule has 2 heterocycles. The van der Waals surface area contributed by atoms with Gasteiger partial charge in [-0.2, -0.15) is 0 Å². The molecule has 1 aromatic heterocycles. The fourth-order valence-electron chi connectivity index (χ4n) is 3.65. The molecule has 7 heteroatoms. The first-order chi connectivity index (χ1) is 14.6. The van der Waals surface area contributed by atoms with Gasteiger partial charge in [-0.3, -0.25) is 4.79 Å². The van der Waals surface area contributed by atoms with Crippen LogP contribution in [0.2, 0.25) is 0 Å². The van der Waals surface area contributed by atoms with Gasteiger partial charge in [-0.1, -0.05) is 30.3 Å². The molecule has 30 heavy (non-hydrogen) atoms. The van der Waals surface area contributed by atoms with Gasteiger partial charge in [0.25, 0.3) is 0 Å². The maximum absolute atomic E-state index is 12.8. The summed E-state index contributed by atoms with van der Waals surface area (Å²) in [6.07, 6.45) is 0.928. The topological polar surface area (TPSA) is 67.9 Å². The number of para-hydroxylation sites is 1. The summed E-state index contributed by atoms with van der Waals surface area (Å²) in [5, 5.41) is 5.26. The van der Waals surface area contributed by atoms with Gasteiger partial charge in [0.2, 0.25) is 5.91 Å². The van der Waals surface area contributed by atoms with Crippen molar-refractivity contribution >= 4 is 33.9 Å². The van der Waals surface area contributed by atoms with Crippen molar-refractivity contribution < 1.29 is 19.1 Å². The van der Waals surface area contributed by atoms with Gasteiger partial charge in [0.15, 0.2) is 0 Å². The van der Waals surface area contributed by atoms with Gasteiger partial charge in [0.1, 0.15) is 16.3 Å². The number of anilines is 2. The van der Waals surface area contributed by atoms with Crippen LogP contribution in [0.15, 0.2) is 53.9 Å². The Balaban J connectivity index is 1.56. The van der Waals surface area contributed by atoms with E-state index in [1.807, 2.05) is 47.8 Å². The first kappa shape index (κ1) is 20.0. The normalized spacial score (nSPS) is 12.4. The summed E-state index contributed by atoms with van der Waals surface area (Å²) in [4.78, 5) is 27.3. The van der Waals surface area contributed by atoms with Gasteiger partial charge in [-0.05, 0) is 35.7 Å². The molecule has 0 saturated heterocycles. The van der Waals surface area contributed by atoms with Crippen LogP contribution in [0.1, 0.15) is 15.9 Å². The first-order valence-electron chi connectivity index (χ1n) is 9.57. The molecule has 1 amide bonds. The molecule has 0 atom stereocenters. The minimum atomic E-state index is -0.483. The summed E-state index contributed by atoms with van der Waals surface area (Å²) in [6.45, 7) is 1.03. The molecule has 2 aromatic carbocycles. The molecule has 0 aliphatic carbocycles. The molecule has 0 saturated carbocycles. The molecule has 0 unspecified atom stereocenters. The number of carbonyl (C=O) groups excluding carboxylic acids is 2. The number of ether oxygens (including phenoxy) is 2. The molecule has 154 valence electrons. The SMILES string of the molecule is COC(=O)c1c(-c2ccc(OC)cc2)csc1NC(=O)CN1CCc2ccccc21. The van der Waals surface area contributed by atoms with E-state index in [0.29, 0.717) is 10.6 Å². The summed E-state index contributed by atoms with van der Waals surface area (Å²) in [5.74, 6) is 0.0805. The standard InChI is InChI=1S/C23H22N2O4S/c1-28-17-9-7-15(8-10-17)18-14-30-22(21(18)23(27)29-2)24-20(26)13-25-12-11-16-5-3-4-6-19(16)25/h3-10,14H,11-13H2,1-2H3,(H,24,26). The lowest BCUT2D eigenvalue weighted by atomic mass is 10.0. The number of hydrogen-bond acceptors (Lipinski definition) is 6. The molecular weight excluding hydrogens is 400 g/mol. The minimum absolute atomic E-state index is 0.167. The average Bonchev–Trinajstić information content (AvgIpc) is 3.38. The van der Waals surface area contributed by atoms with Crippen molar-refractivity contribution in [2.75, 3.05) is 37.5 Å². The van der Waals surface area contributed by atoms with E-state index in [2.05, 4.69) is 16.3 Å². The highest BCUT2D eigenvalue weighted by Crippen LogP contribution is 2.37. The summed E-state index contributed by atoms with van der Waals surface area (Å²) in [7, 11) is 2.94. The molecule has 1 N–H and O–H groups in total. The first-order valence-corrected chi connectivity index (χ1v) is 10.5. The number of rotatable bonds is 6. The maximum Gasteiger partial charge on any atom is 0.341 e. The Morgan fingerprint density at radius 3 is 2.60 bits per heavy atom. The zero-order valence-electron chi connectivity index (χ0n) is 16.8. The second kappa shape index (κ2) is 8.59. The largest absolute Gasteiger partial charge is 0.497 e. The van der Waals surface area contributed by atoms with Crippen LogP contribution in [0, 0.1) is 0 Å². The monoisotopic (exact) mass is 422 g/mol. The van der Waals surface area contributed by atoms with Crippen molar-refractivity contribution in [3.8, 4) is 16.9 Å². The molecule has 1 aliphatic rings. The predicted molar refractivity (Wildman–Crippen MR) is 119 cm³/mol. The number of fused-ring (bicyclic) bond motifs is 1. The third-order valence-electron chi connectivity index (χ3n) is 5.15. The van der Waals surface area contributed by atoms with Crippen LogP contribution >= 0.6 is 11.3 Å². The molecule has 4 rings (SSSR count). The molecule has 0 fully saturated rings. The minimum Gasteiger partial charge on any atom is -0.497 e. The molecular formula is C23H22N2O4S. The highest BCUT2D eigenvalue weighted by atomic mass is 32.1. The van der Waals surface area contributed by atoms with E-state index in [4.69, 9.17) is 9.47 Å². The Bertz CT molecular complexity index is 1080. The van der Waals surface area contributed by atoms with Crippen LogP contribution in [0.5, 0.6) is 5.75 Å². The van der Waals surface area contributed by atoms with Gasteiger partial charge in [-0.15, -0.1) is 11.3 Å². The van der Waals surface area contributed by atoms with Crippen molar-refractivity contribution in [2.24, 2.45) is 0 Å². The Labute approximate surface area is 179 Å². The van der Waals surface area contributed by atoms with Gasteiger partial charge in [-0.25, -0.2) is 4.79 Å². The lowest BCUT2D eigenvalue weighted by molar-refractivity contribution is -0.114. The highest BCUT2D eigenvalue weighted by Gasteiger charge is 2.24. The van der Waals surface area contributed by atoms with Crippen LogP contribution in [-0.4, -0.2) is 39.2 Å². The lowest BCUT2D eigenvalue weighted by Crippen LogP contribution is -2.32. The molecule has 0 bridgehead atoms. The van der Waals surface area contributed by atoms with Gasteiger partial charge in [0.05, 0.1) is 20.8 Å². The second-order valence-electron chi connectivity index (χ2n) is 6.92. The quantitative estimate of drug-likeness (QED) is 0.603. The number of hydrogen-bond donors (Lipinski definition) is 1. The number of nitrogens with one attached hydrogen (secondary N) is 1. The summed E-state index contributed by atoms with van der Waals surface area (Å²) >= 11 is 1.31. The van der Waals surface area contributed by atoms with E-state index in [0.717, 1.165) is 35.5 Å². The fourth-order valence-corrected chi connectivity index (χ4v) is 4.62. The van der Waals surface area contributed by atoms with Crippen molar-refractivity contribution in [1.82, 2.24) is 0 Å². The number of methoxy groups -OCH3 is 2. The van der Waals surface area contributed by atoms with Crippen LogP contribution in [-0.2, 0) is 16.0 Å². The Morgan fingerprint density at radius 2 is 1.87 bits per heavy atom. The lowest BCUT2D eigenvalue weighted by Gasteiger charge is -2.18. The third-order valence-corrected chi connectivity index (χ3v) is 6.05. The second-order valence-corrected chi connectivity index (χ2v) is 7.80. The number of amides is 1. The highest BCUT2D eigenvalue weighted by molar-refractivity contribution is 7.15. The van der Waals surface area contributed by atoms with Crippen molar-refractivity contribution in [1.29, 1.82) is 0 Å². The Kier molecular flexibility index (Phi) is 5.72. The Hall–Kier alpha value is -3.32. The van der Waals surface area contributed by atoms with Gasteiger partial charge >= 0.3 is 5.97 Å². The summed E-state index contributed by atoms with van der Waals surface area (Å²) in [6, 6.07) is 15.5. The number of thiophene rings is 1. The number of benzene rings is 2. The smallest absolute Gasteiger partial charge is 0.341 e. The van der Waals surface area contributed by atoms with Crippen LogP contribution < -0.4 is 15.0 Å². The van der Waals surface area contributed by atoms with Crippen LogP contribution in [0.4, 0.5) is 10.7 Å². The van der Waals surface area contributed by atoms with E-state index in [1.165, 1.54) is 24.0 Å². The number of carbonyl (C=O) groups is 2. The molecule has 1 aliphatic heterocycles. The van der Waals surface area contributed by atoms with Gasteiger partial charge < -0.3 is 19.7 Å². The zero-order chi connectivity index (χ0) is 21.1. The maximum atomic E-state index is 12.8. The average molecular weight is 423 g/mol. The Morgan fingerprint density at radius 1 is 1.10 bits per heavy atom. The van der Waals surface area contributed by atoms with Crippen molar-refractivity contribution in [3.63, 3.8) is 0 Å². The third kappa shape index (κ3) is 3.89. The number of nitrogens with zero attached hydrogens (tertiary/aromatic N) is 1. The number of esters is 1. The molecule has 3 aromatic rings. The van der Waals surface area contributed by atoms with E-state index in [9.17, 15) is 9.59 Å². The van der Waals surface area contributed by atoms with Crippen molar-refractivity contribution in [3.05, 3.63) is 65.0 Å². The fraction of sp³-hybridized carbons (Fsp3) is 0.217. The summed E-state index contributed by atoms with van der Waals surface area (Å²) < 4.78 is 10.2. The molecule has 6 nitrogen and oxygen atoms in total. The summed E-state index contributed by atoms with van der Waals surface area (Å²) in [5.41, 5.74) is 4.27. The van der Waals surface area contributed by atoms with E-state index in [1.54, 1.807) is 7.11 Å². The molecule has 0 radical (unpaired) electrons. The van der Waals surface area contributed by atoms with Gasteiger partial charge in [0, 0.05) is 23.2 Å².